The normalized spacial score (nSPS) is 21.1. The lowest BCUT2D eigenvalue weighted by Crippen LogP contribution is -2.28. The minimum absolute atomic E-state index is 0.171. The molecule has 3 saturated heterocycles. The third kappa shape index (κ3) is 18.3. The Labute approximate surface area is 411 Å². The highest BCUT2D eigenvalue weighted by molar-refractivity contribution is 5.84. The molecular formula is C53H82N8O8. The largest absolute Gasteiger partial charge is 0.444 e. The van der Waals surface area contributed by atoms with E-state index in [9.17, 15) is 14.7 Å². The second-order valence-electron chi connectivity index (χ2n) is 21.5. The predicted octanol–water partition coefficient (Wildman–Crippen LogP) is 9.52. The first-order valence-corrected chi connectivity index (χ1v) is 25.4. The molecule has 3 aliphatic carbocycles. The van der Waals surface area contributed by atoms with Crippen LogP contribution in [0.5, 0.6) is 0 Å². The summed E-state index contributed by atoms with van der Waals surface area (Å²) in [6.07, 6.45) is 11.6. The quantitative estimate of drug-likeness (QED) is 0.126. The Bertz CT molecular complexity index is 2100. The molecule has 3 atom stereocenters. The Morgan fingerprint density at radius 3 is 1.35 bits per heavy atom. The zero-order valence-corrected chi connectivity index (χ0v) is 43.0. The number of anilines is 3. The van der Waals surface area contributed by atoms with Crippen molar-refractivity contribution in [2.75, 3.05) is 70.1 Å². The molecule has 16 nitrogen and oxygen atoms in total. The van der Waals surface area contributed by atoms with Crippen molar-refractivity contribution in [2.45, 2.75) is 173 Å². The molecule has 0 aromatic carbocycles. The number of aromatic nitrogens is 3. The maximum absolute atomic E-state index is 12.0. The van der Waals surface area contributed by atoms with Gasteiger partial charge in [-0.25, -0.2) is 24.5 Å². The number of aliphatic hydroxyl groups is 1. The smallest absolute Gasteiger partial charge is 0.413 e. The molecule has 3 aliphatic heterocycles. The van der Waals surface area contributed by atoms with Crippen LogP contribution in [0.25, 0.3) is 0 Å². The van der Waals surface area contributed by atoms with Crippen molar-refractivity contribution in [3.05, 3.63) is 70.2 Å². The number of nitrogen functional groups attached to an aromatic ring is 1. The second-order valence-corrected chi connectivity index (χ2v) is 21.5. The van der Waals surface area contributed by atoms with Gasteiger partial charge in [-0.1, -0.05) is 44.4 Å². The van der Waals surface area contributed by atoms with Crippen molar-refractivity contribution in [2.24, 2.45) is 5.92 Å². The van der Waals surface area contributed by atoms with Gasteiger partial charge in [0.1, 0.15) is 28.7 Å². The molecule has 6 aliphatic rings. The Morgan fingerprint density at radius 2 is 1.01 bits per heavy atom. The van der Waals surface area contributed by atoms with Crippen molar-refractivity contribution in [1.82, 2.24) is 24.8 Å². The molecule has 0 spiro atoms. The number of carbonyl (C=O) groups is 2. The Morgan fingerprint density at radius 1 is 0.623 bits per heavy atom. The lowest BCUT2D eigenvalue weighted by Gasteiger charge is -2.22. The van der Waals surface area contributed by atoms with E-state index in [2.05, 4.69) is 63.6 Å². The molecule has 2 amide bonds. The van der Waals surface area contributed by atoms with Crippen LogP contribution in [0.3, 0.4) is 0 Å². The van der Waals surface area contributed by atoms with Gasteiger partial charge < -0.3 is 34.5 Å². The van der Waals surface area contributed by atoms with Gasteiger partial charge in [-0.15, -0.1) is 0 Å². The van der Waals surface area contributed by atoms with Crippen LogP contribution in [-0.2, 0) is 43.4 Å². The Hall–Kier alpha value is -4.45. The maximum atomic E-state index is 12.0. The zero-order chi connectivity index (χ0) is 49.7. The molecule has 0 radical (unpaired) electrons. The minimum Gasteiger partial charge on any atom is -0.444 e. The molecule has 3 aromatic rings. The molecule has 5 N–H and O–H groups in total. The molecule has 3 aromatic heterocycles. The third-order valence-electron chi connectivity index (χ3n) is 13.0. The van der Waals surface area contributed by atoms with E-state index < -0.39 is 23.4 Å². The summed E-state index contributed by atoms with van der Waals surface area (Å²) in [5.74, 6) is 3.82. The average molecular weight is 959 g/mol. The standard InChI is InChI=1S/C19H29N3O3.C15H22N2O4.C14H21N3O.C5H10/c1-19(2,3)25-18(23)21-17-8-7-15(13-9-10-24-12-13)16(20-17)11-22(4)14-5-6-14;1-15(2,3)21-14(19)17-13-5-4-11(12(8-18)16-13)10-6-7-20-9-10;1-17(11-2-3-11)8-13-12(4-5-14(15)16-13)10-6-7-18-9-10;1-2-5-3-4-5/h7-8,13-14H,5-6,9-12H2,1-4H3,(H,20,21,23);4-5,10,18H,6-9H2,1-3H3,(H,16,17,19);4-5,10-11H,2-3,6-9H2,1H3,(H2,15,16);5H,2-4H2,1H3. The summed E-state index contributed by atoms with van der Waals surface area (Å²) in [7, 11) is 4.32. The number of nitrogens with one attached hydrogen (secondary N) is 2. The van der Waals surface area contributed by atoms with E-state index in [1.165, 1.54) is 56.1 Å². The second kappa shape index (κ2) is 25.1. The lowest BCUT2D eigenvalue weighted by atomic mass is 9.96. The Balaban J connectivity index is 0.000000163. The Kier molecular flexibility index (Phi) is 19.6. The van der Waals surface area contributed by atoms with Gasteiger partial charge in [-0.3, -0.25) is 20.4 Å². The first-order chi connectivity index (χ1) is 32.9. The number of nitrogens with two attached hydrogens (primary N) is 1. The molecule has 382 valence electrons. The highest BCUT2D eigenvalue weighted by atomic mass is 16.6. The molecule has 3 unspecified atom stereocenters. The third-order valence-corrected chi connectivity index (χ3v) is 13.0. The zero-order valence-electron chi connectivity index (χ0n) is 43.0. The van der Waals surface area contributed by atoms with Gasteiger partial charge in [0.15, 0.2) is 0 Å². The van der Waals surface area contributed by atoms with Gasteiger partial charge in [-0.2, -0.15) is 0 Å². The highest BCUT2D eigenvalue weighted by Gasteiger charge is 2.31. The first-order valence-electron chi connectivity index (χ1n) is 25.4. The van der Waals surface area contributed by atoms with Crippen molar-refractivity contribution in [3.8, 4) is 0 Å². The molecule has 9 rings (SSSR count). The molecule has 3 saturated carbocycles. The molecule has 6 heterocycles. The number of nitrogens with zero attached hydrogens (tertiary/aromatic N) is 5. The number of hydrogen-bond acceptors (Lipinski definition) is 14. The number of rotatable bonds is 13. The minimum atomic E-state index is -0.564. The summed E-state index contributed by atoms with van der Waals surface area (Å²) < 4.78 is 26.9. The van der Waals surface area contributed by atoms with Crippen LogP contribution in [0.4, 0.5) is 27.0 Å². The summed E-state index contributed by atoms with van der Waals surface area (Å²) in [4.78, 5) is 42.0. The first kappa shape index (κ1) is 53.9. The molecule has 0 bridgehead atoms. The number of carbonyl (C=O) groups excluding carboxylic acids is 2. The lowest BCUT2D eigenvalue weighted by molar-refractivity contribution is 0.0623. The van der Waals surface area contributed by atoms with Gasteiger partial charge >= 0.3 is 12.2 Å². The topological polar surface area (TPSA) is 196 Å². The van der Waals surface area contributed by atoms with E-state index in [0.717, 1.165) is 94.3 Å². The van der Waals surface area contributed by atoms with E-state index in [4.69, 9.17) is 34.4 Å². The van der Waals surface area contributed by atoms with Gasteiger partial charge in [0.2, 0.25) is 0 Å². The fourth-order valence-corrected chi connectivity index (χ4v) is 8.63. The van der Waals surface area contributed by atoms with Crippen molar-refractivity contribution < 1.29 is 38.4 Å². The van der Waals surface area contributed by atoms with Crippen LogP contribution in [0.1, 0.15) is 164 Å². The number of hydrogen-bond donors (Lipinski definition) is 4. The summed E-state index contributed by atoms with van der Waals surface area (Å²) >= 11 is 0. The number of aliphatic hydroxyl groups excluding tert-OH is 1. The monoisotopic (exact) mass is 959 g/mol. The highest BCUT2D eigenvalue weighted by Crippen LogP contribution is 2.34. The van der Waals surface area contributed by atoms with Gasteiger partial charge in [0, 0.05) is 62.7 Å². The fourth-order valence-electron chi connectivity index (χ4n) is 8.63. The van der Waals surface area contributed by atoms with Crippen molar-refractivity contribution >= 4 is 29.6 Å². The van der Waals surface area contributed by atoms with Crippen LogP contribution in [0.15, 0.2) is 36.4 Å². The summed E-state index contributed by atoms with van der Waals surface area (Å²) in [5.41, 5.74) is 11.0. The molecule has 16 heteroatoms. The maximum Gasteiger partial charge on any atom is 0.413 e. The van der Waals surface area contributed by atoms with Gasteiger partial charge in [0.05, 0.1) is 43.5 Å². The van der Waals surface area contributed by atoms with Crippen LogP contribution < -0.4 is 16.4 Å². The van der Waals surface area contributed by atoms with E-state index >= 15 is 0 Å². The van der Waals surface area contributed by atoms with E-state index in [0.29, 0.717) is 47.6 Å². The average Bonchev–Trinajstić information content (AvgIpc) is 4.27. The molecule has 69 heavy (non-hydrogen) atoms. The summed E-state index contributed by atoms with van der Waals surface area (Å²) in [5, 5.41) is 14.8. The van der Waals surface area contributed by atoms with Crippen LogP contribution >= 0.6 is 0 Å². The van der Waals surface area contributed by atoms with Crippen molar-refractivity contribution in [1.29, 1.82) is 0 Å². The number of pyridine rings is 3. The molecular weight excluding hydrogens is 877 g/mol. The SMILES string of the molecule is CC(C)(C)OC(=O)Nc1ccc(C2CCOC2)c(CO)n1.CCC1CC1.CN(Cc1nc(N)ccc1C1CCOC1)C1CC1.CN(Cc1nc(NC(=O)OC(C)(C)C)ccc1C1CCOC1)C1CC1. The van der Waals surface area contributed by atoms with Crippen LogP contribution in [0, 0.1) is 5.92 Å². The summed E-state index contributed by atoms with van der Waals surface area (Å²) in [6.45, 7) is 19.3. The van der Waals surface area contributed by atoms with Crippen LogP contribution in [-0.4, -0.2) is 119 Å². The van der Waals surface area contributed by atoms with Crippen molar-refractivity contribution in [3.63, 3.8) is 0 Å². The molecule has 6 fully saturated rings. The predicted molar refractivity (Wildman–Crippen MR) is 269 cm³/mol. The number of ether oxygens (including phenoxy) is 5. The fraction of sp³-hybridized carbons (Fsp3) is 0.679. The van der Waals surface area contributed by atoms with Gasteiger partial charge in [-0.05, 0) is 141 Å². The number of amides is 2. The summed E-state index contributed by atoms with van der Waals surface area (Å²) in [6, 6.07) is 13.0. The van der Waals surface area contributed by atoms with E-state index in [-0.39, 0.29) is 12.5 Å². The van der Waals surface area contributed by atoms with Gasteiger partial charge in [0.25, 0.3) is 0 Å². The van der Waals surface area contributed by atoms with Crippen LogP contribution in [0.2, 0.25) is 0 Å². The van der Waals surface area contributed by atoms with E-state index in [1.54, 1.807) is 26.8 Å². The van der Waals surface area contributed by atoms with E-state index in [1.807, 2.05) is 39.0 Å².